The predicted octanol–water partition coefficient (Wildman–Crippen LogP) is 2.48. The first-order valence-corrected chi connectivity index (χ1v) is 8.54. The van der Waals surface area contributed by atoms with Crippen LogP contribution in [-0.2, 0) is 19.1 Å². The van der Waals surface area contributed by atoms with Gasteiger partial charge in [0.05, 0.1) is 12.0 Å². The highest BCUT2D eigenvalue weighted by Gasteiger charge is 2.56. The highest BCUT2D eigenvalue weighted by molar-refractivity contribution is 5.92. The molecule has 2 aliphatic carbocycles. The van der Waals surface area contributed by atoms with E-state index in [1.807, 2.05) is 6.92 Å². The van der Waals surface area contributed by atoms with Crippen molar-refractivity contribution in [2.45, 2.75) is 45.5 Å². The average Bonchev–Trinajstić information content (AvgIpc) is 2.96. The van der Waals surface area contributed by atoms with E-state index in [4.69, 9.17) is 9.47 Å². The number of hydrogen-bond acceptors (Lipinski definition) is 5. The molecule has 1 aliphatic heterocycles. The monoisotopic (exact) mass is 344 g/mol. The molecule has 25 heavy (non-hydrogen) atoms. The molecule has 1 saturated carbocycles. The van der Waals surface area contributed by atoms with Gasteiger partial charge < -0.3 is 14.6 Å². The van der Waals surface area contributed by atoms with E-state index in [2.05, 4.69) is 13.2 Å². The topological polar surface area (TPSA) is 72.8 Å². The van der Waals surface area contributed by atoms with Gasteiger partial charge in [0, 0.05) is 29.4 Å². The first kappa shape index (κ1) is 17.7. The van der Waals surface area contributed by atoms with Crippen LogP contribution in [0.25, 0.3) is 0 Å². The van der Waals surface area contributed by atoms with Crippen LogP contribution in [0.5, 0.6) is 0 Å². The molecule has 0 spiro atoms. The Labute approximate surface area is 147 Å². The number of fused-ring (bicyclic) bond motifs is 3. The number of carbonyl (C=O) groups excluding carboxylic acids is 2. The highest BCUT2D eigenvalue weighted by atomic mass is 16.6. The van der Waals surface area contributed by atoms with Gasteiger partial charge in [-0.05, 0) is 20.8 Å². The molecule has 0 bridgehead atoms. The molecule has 5 heteroatoms. The molecule has 0 radical (unpaired) electrons. The van der Waals surface area contributed by atoms with E-state index in [0.29, 0.717) is 17.6 Å². The Hall–Kier alpha value is -2.14. The van der Waals surface area contributed by atoms with Gasteiger partial charge in [-0.1, -0.05) is 36.5 Å². The van der Waals surface area contributed by atoms with Gasteiger partial charge in [0.15, 0.2) is 0 Å². The van der Waals surface area contributed by atoms with Crippen LogP contribution >= 0.6 is 0 Å². The summed E-state index contributed by atoms with van der Waals surface area (Å²) in [6.45, 7) is 13.4. The van der Waals surface area contributed by atoms with Crippen molar-refractivity contribution in [3.8, 4) is 0 Å². The second kappa shape index (κ2) is 6.30. The van der Waals surface area contributed by atoms with Crippen LogP contribution in [0.1, 0.15) is 27.2 Å². The molecule has 3 aliphatic rings. The van der Waals surface area contributed by atoms with E-state index in [1.54, 1.807) is 26.0 Å². The van der Waals surface area contributed by atoms with E-state index >= 15 is 0 Å². The maximum absolute atomic E-state index is 12.3. The predicted molar refractivity (Wildman–Crippen MR) is 92.3 cm³/mol. The Morgan fingerprint density at radius 1 is 1.36 bits per heavy atom. The molecule has 0 aromatic carbocycles. The molecule has 5 nitrogen and oxygen atoms in total. The van der Waals surface area contributed by atoms with Crippen LogP contribution < -0.4 is 0 Å². The number of aliphatic hydroxyl groups excluding tert-OH is 1. The summed E-state index contributed by atoms with van der Waals surface area (Å²) >= 11 is 0. The van der Waals surface area contributed by atoms with Crippen molar-refractivity contribution in [2.24, 2.45) is 17.8 Å². The van der Waals surface area contributed by atoms with Gasteiger partial charge in [0.2, 0.25) is 0 Å². The molecule has 0 aromatic rings. The van der Waals surface area contributed by atoms with E-state index in [9.17, 15) is 14.7 Å². The minimum absolute atomic E-state index is 0.165. The number of allylic oxidation sites excluding steroid dienone is 1. The second-order valence-electron chi connectivity index (χ2n) is 7.15. The molecule has 0 unspecified atom stereocenters. The Kier molecular flexibility index (Phi) is 4.45. The maximum Gasteiger partial charge on any atom is 0.334 e. The number of hydrogen-bond donors (Lipinski definition) is 1. The fourth-order valence-corrected chi connectivity index (χ4v) is 4.26. The summed E-state index contributed by atoms with van der Waals surface area (Å²) in [4.78, 5) is 24.4. The van der Waals surface area contributed by atoms with Crippen LogP contribution in [-0.4, -0.2) is 35.4 Å². The summed E-state index contributed by atoms with van der Waals surface area (Å²) < 4.78 is 11.3. The van der Waals surface area contributed by atoms with Crippen LogP contribution in [0.15, 0.2) is 47.6 Å². The minimum Gasteiger partial charge on any atom is -0.458 e. The van der Waals surface area contributed by atoms with Gasteiger partial charge in [-0.3, -0.25) is 0 Å². The third-order valence-corrected chi connectivity index (χ3v) is 5.68. The minimum atomic E-state index is -0.669. The Morgan fingerprint density at radius 3 is 2.68 bits per heavy atom. The summed E-state index contributed by atoms with van der Waals surface area (Å²) in [5.74, 6) is -1.72. The van der Waals surface area contributed by atoms with Crippen molar-refractivity contribution < 1.29 is 24.2 Å². The molecule has 6 atom stereocenters. The smallest absolute Gasteiger partial charge is 0.334 e. The van der Waals surface area contributed by atoms with Crippen molar-refractivity contribution in [1.29, 1.82) is 0 Å². The van der Waals surface area contributed by atoms with Gasteiger partial charge in [-0.15, -0.1) is 0 Å². The average molecular weight is 344 g/mol. The first-order chi connectivity index (χ1) is 11.8. The van der Waals surface area contributed by atoms with Crippen molar-refractivity contribution in [3.63, 3.8) is 0 Å². The number of carbonyl (C=O) groups is 2. The molecule has 3 rings (SSSR count). The SMILES string of the molecule is C=C1C[C@@H](OC(=O)/C(C)=C/C)[C@@H]2C(=C)C(=O)O[C@H]2[C@@H]2C(C)=C[C@H](O)[C@H]12. The molecular weight excluding hydrogens is 320 g/mol. The van der Waals surface area contributed by atoms with Crippen LogP contribution in [0.2, 0.25) is 0 Å². The molecule has 1 N–H and O–H groups in total. The second-order valence-corrected chi connectivity index (χ2v) is 7.15. The van der Waals surface area contributed by atoms with Crippen molar-refractivity contribution in [1.82, 2.24) is 0 Å². The Bertz CT molecular complexity index is 714. The molecule has 1 saturated heterocycles. The molecule has 0 aromatic heterocycles. The molecule has 0 amide bonds. The largest absolute Gasteiger partial charge is 0.458 e. The molecule has 1 heterocycles. The van der Waals surface area contributed by atoms with Gasteiger partial charge in [0.1, 0.15) is 12.2 Å². The summed E-state index contributed by atoms with van der Waals surface area (Å²) in [5, 5.41) is 10.4. The molecule has 134 valence electrons. The Balaban J connectivity index is 1.99. The third kappa shape index (κ3) is 2.76. The zero-order chi connectivity index (χ0) is 18.5. The summed E-state index contributed by atoms with van der Waals surface area (Å²) in [6, 6.07) is 0. The van der Waals surface area contributed by atoms with E-state index in [-0.39, 0.29) is 11.8 Å². The lowest BCUT2D eigenvalue weighted by molar-refractivity contribution is -0.148. The highest BCUT2D eigenvalue weighted by Crippen LogP contribution is 2.51. The maximum atomic E-state index is 12.3. The lowest BCUT2D eigenvalue weighted by atomic mass is 9.79. The zero-order valence-corrected chi connectivity index (χ0v) is 14.8. The van der Waals surface area contributed by atoms with E-state index in [1.165, 1.54) is 0 Å². The Morgan fingerprint density at radius 2 is 2.04 bits per heavy atom. The van der Waals surface area contributed by atoms with Gasteiger partial charge in [-0.2, -0.15) is 0 Å². The zero-order valence-electron chi connectivity index (χ0n) is 14.8. The van der Waals surface area contributed by atoms with Crippen molar-refractivity contribution in [2.75, 3.05) is 0 Å². The van der Waals surface area contributed by atoms with Crippen LogP contribution in [0.3, 0.4) is 0 Å². The fraction of sp³-hybridized carbons (Fsp3) is 0.500. The number of ether oxygens (including phenoxy) is 2. The third-order valence-electron chi connectivity index (χ3n) is 5.68. The van der Waals surface area contributed by atoms with Gasteiger partial charge in [-0.25, -0.2) is 9.59 Å². The van der Waals surface area contributed by atoms with Crippen molar-refractivity contribution >= 4 is 11.9 Å². The number of esters is 2. The van der Waals surface area contributed by atoms with E-state index < -0.39 is 36.2 Å². The summed E-state index contributed by atoms with van der Waals surface area (Å²) in [7, 11) is 0. The lowest BCUT2D eigenvalue weighted by Gasteiger charge is -2.29. The van der Waals surface area contributed by atoms with Gasteiger partial charge >= 0.3 is 11.9 Å². The number of aliphatic hydroxyl groups is 1. The quantitative estimate of drug-likeness (QED) is 0.473. The standard InChI is InChI=1S/C20H24O5/c1-6-9(2)19(22)24-14-8-11(4)15-13(21)7-10(3)16(15)18-17(14)12(5)20(23)25-18/h6-7,13-18,21H,4-5,8H2,1-3H3/b9-6+/t13-,14+,15-,16+,17-,18-/m0/s1. The first-order valence-electron chi connectivity index (χ1n) is 8.54. The van der Waals surface area contributed by atoms with Crippen LogP contribution in [0, 0.1) is 17.8 Å². The van der Waals surface area contributed by atoms with E-state index in [0.717, 1.165) is 11.1 Å². The summed E-state index contributed by atoms with van der Waals surface area (Å²) in [5.41, 5.74) is 2.59. The number of rotatable bonds is 2. The van der Waals surface area contributed by atoms with Crippen LogP contribution in [0.4, 0.5) is 0 Å². The summed E-state index contributed by atoms with van der Waals surface area (Å²) in [6.07, 6.45) is 2.10. The molecule has 2 fully saturated rings. The lowest BCUT2D eigenvalue weighted by Crippen LogP contribution is -2.36. The van der Waals surface area contributed by atoms with Crippen molar-refractivity contribution in [3.05, 3.63) is 47.6 Å². The molecular formula is C20H24O5. The normalized spacial score (nSPS) is 37.8. The van der Waals surface area contributed by atoms with Gasteiger partial charge in [0.25, 0.3) is 0 Å². The fourth-order valence-electron chi connectivity index (χ4n) is 4.26.